The second-order valence-corrected chi connectivity index (χ2v) is 3.65. The standard InChI is InChI=1S/C12H16O4/c1-3-4-5-16-12(15)9-6-8(2)11(14)10(13)7-9/h6-7,13-14H,3-5H2,1-2H3. The second-order valence-electron chi connectivity index (χ2n) is 3.65. The van der Waals surface area contributed by atoms with E-state index in [1.54, 1.807) is 6.92 Å². The van der Waals surface area contributed by atoms with Crippen molar-refractivity contribution in [2.45, 2.75) is 26.7 Å². The predicted molar refractivity (Wildman–Crippen MR) is 59.7 cm³/mol. The molecule has 16 heavy (non-hydrogen) atoms. The Morgan fingerprint density at radius 2 is 2.06 bits per heavy atom. The normalized spacial score (nSPS) is 10.1. The average molecular weight is 224 g/mol. The van der Waals surface area contributed by atoms with Gasteiger partial charge in [-0.1, -0.05) is 13.3 Å². The summed E-state index contributed by atoms with van der Waals surface area (Å²) in [6.07, 6.45) is 1.77. The lowest BCUT2D eigenvalue weighted by Crippen LogP contribution is -2.06. The maximum atomic E-state index is 11.5. The zero-order chi connectivity index (χ0) is 12.1. The van der Waals surface area contributed by atoms with Crippen LogP contribution in [0.4, 0.5) is 0 Å². The topological polar surface area (TPSA) is 66.8 Å². The molecule has 0 radical (unpaired) electrons. The highest BCUT2D eigenvalue weighted by atomic mass is 16.5. The molecule has 4 heteroatoms. The van der Waals surface area contributed by atoms with E-state index in [1.807, 2.05) is 6.92 Å². The number of aryl methyl sites for hydroxylation is 1. The minimum atomic E-state index is -0.480. The molecule has 0 fully saturated rings. The number of phenols is 2. The van der Waals surface area contributed by atoms with Gasteiger partial charge in [-0.2, -0.15) is 0 Å². The summed E-state index contributed by atoms with van der Waals surface area (Å²) in [5, 5.41) is 18.7. The third-order valence-corrected chi connectivity index (χ3v) is 2.25. The number of rotatable bonds is 4. The molecule has 0 amide bonds. The van der Waals surface area contributed by atoms with E-state index in [4.69, 9.17) is 4.74 Å². The summed E-state index contributed by atoms with van der Waals surface area (Å²) in [6.45, 7) is 3.98. The molecule has 0 saturated heterocycles. The first kappa shape index (κ1) is 12.4. The number of phenolic OH excluding ortho intramolecular Hbond substituents is 2. The summed E-state index contributed by atoms with van der Waals surface area (Å²) < 4.78 is 4.99. The molecule has 1 aromatic carbocycles. The number of aromatic hydroxyl groups is 2. The van der Waals surface area contributed by atoms with Crippen LogP contribution in [0.2, 0.25) is 0 Å². The van der Waals surface area contributed by atoms with Gasteiger partial charge in [-0.15, -0.1) is 0 Å². The molecule has 0 aliphatic rings. The van der Waals surface area contributed by atoms with Crippen molar-refractivity contribution in [2.75, 3.05) is 6.61 Å². The first-order valence-electron chi connectivity index (χ1n) is 5.26. The van der Waals surface area contributed by atoms with Crippen LogP contribution < -0.4 is 0 Å². The summed E-state index contributed by atoms with van der Waals surface area (Å²) in [6, 6.07) is 2.69. The average Bonchev–Trinajstić information content (AvgIpc) is 2.25. The monoisotopic (exact) mass is 224 g/mol. The molecular formula is C12H16O4. The van der Waals surface area contributed by atoms with Crippen molar-refractivity contribution in [3.63, 3.8) is 0 Å². The van der Waals surface area contributed by atoms with Gasteiger partial charge in [-0.25, -0.2) is 4.79 Å². The van der Waals surface area contributed by atoms with Crippen molar-refractivity contribution in [3.8, 4) is 11.5 Å². The van der Waals surface area contributed by atoms with Crippen LogP contribution in [-0.4, -0.2) is 22.8 Å². The van der Waals surface area contributed by atoms with Crippen molar-refractivity contribution in [1.29, 1.82) is 0 Å². The Kier molecular flexibility index (Phi) is 4.17. The zero-order valence-corrected chi connectivity index (χ0v) is 9.49. The number of ether oxygens (including phenoxy) is 1. The van der Waals surface area contributed by atoms with Crippen molar-refractivity contribution < 1.29 is 19.7 Å². The summed E-state index contributed by atoms with van der Waals surface area (Å²) >= 11 is 0. The van der Waals surface area contributed by atoms with E-state index in [0.29, 0.717) is 12.2 Å². The molecule has 88 valence electrons. The van der Waals surface area contributed by atoms with E-state index < -0.39 is 5.97 Å². The Balaban J connectivity index is 2.76. The number of unbranched alkanes of at least 4 members (excludes halogenated alkanes) is 1. The fraction of sp³-hybridized carbons (Fsp3) is 0.417. The van der Waals surface area contributed by atoms with E-state index in [0.717, 1.165) is 12.8 Å². The van der Waals surface area contributed by atoms with E-state index in [1.165, 1.54) is 12.1 Å². The van der Waals surface area contributed by atoms with Gasteiger partial charge in [-0.05, 0) is 31.0 Å². The molecule has 0 spiro atoms. The highest BCUT2D eigenvalue weighted by molar-refractivity contribution is 5.90. The summed E-state index contributed by atoms with van der Waals surface area (Å²) in [4.78, 5) is 11.5. The van der Waals surface area contributed by atoms with Gasteiger partial charge in [0.25, 0.3) is 0 Å². The molecule has 0 aliphatic heterocycles. The van der Waals surface area contributed by atoms with Gasteiger partial charge < -0.3 is 14.9 Å². The van der Waals surface area contributed by atoms with Gasteiger partial charge in [0.05, 0.1) is 12.2 Å². The molecule has 0 aromatic heterocycles. The molecule has 0 heterocycles. The van der Waals surface area contributed by atoms with Gasteiger partial charge in [0, 0.05) is 0 Å². The molecule has 0 aliphatic carbocycles. The Morgan fingerprint density at radius 1 is 1.38 bits per heavy atom. The molecular weight excluding hydrogens is 208 g/mol. The molecule has 0 bridgehead atoms. The van der Waals surface area contributed by atoms with E-state index in [9.17, 15) is 15.0 Å². The van der Waals surface area contributed by atoms with Crippen LogP contribution in [0, 0.1) is 6.92 Å². The molecule has 0 unspecified atom stereocenters. The number of hydrogen-bond acceptors (Lipinski definition) is 4. The zero-order valence-electron chi connectivity index (χ0n) is 9.49. The molecule has 0 saturated carbocycles. The van der Waals surface area contributed by atoms with E-state index in [-0.39, 0.29) is 17.1 Å². The Labute approximate surface area is 94.5 Å². The summed E-state index contributed by atoms with van der Waals surface area (Å²) in [7, 11) is 0. The quantitative estimate of drug-likeness (QED) is 0.468. The minimum absolute atomic E-state index is 0.204. The molecule has 1 aromatic rings. The third-order valence-electron chi connectivity index (χ3n) is 2.25. The van der Waals surface area contributed by atoms with Crippen molar-refractivity contribution in [2.24, 2.45) is 0 Å². The Hall–Kier alpha value is -1.71. The lowest BCUT2D eigenvalue weighted by molar-refractivity contribution is 0.0499. The van der Waals surface area contributed by atoms with Gasteiger partial charge in [0.15, 0.2) is 11.5 Å². The highest BCUT2D eigenvalue weighted by Crippen LogP contribution is 2.29. The molecule has 1 rings (SSSR count). The lowest BCUT2D eigenvalue weighted by Gasteiger charge is -2.07. The van der Waals surface area contributed by atoms with Crippen LogP contribution in [0.3, 0.4) is 0 Å². The first-order chi connectivity index (χ1) is 7.56. The number of benzene rings is 1. The van der Waals surface area contributed by atoms with Crippen LogP contribution in [-0.2, 0) is 4.74 Å². The SMILES string of the molecule is CCCCOC(=O)c1cc(C)c(O)c(O)c1. The van der Waals surface area contributed by atoms with E-state index in [2.05, 4.69) is 0 Å². The first-order valence-corrected chi connectivity index (χ1v) is 5.26. The Morgan fingerprint density at radius 3 is 2.62 bits per heavy atom. The number of esters is 1. The predicted octanol–water partition coefficient (Wildman–Crippen LogP) is 2.36. The smallest absolute Gasteiger partial charge is 0.338 e. The van der Waals surface area contributed by atoms with Crippen LogP contribution >= 0.6 is 0 Å². The van der Waals surface area contributed by atoms with Crippen molar-refractivity contribution >= 4 is 5.97 Å². The second kappa shape index (κ2) is 5.39. The molecule has 2 N–H and O–H groups in total. The van der Waals surface area contributed by atoms with E-state index >= 15 is 0 Å². The fourth-order valence-electron chi connectivity index (χ4n) is 1.27. The summed E-state index contributed by atoms with van der Waals surface area (Å²) in [5.41, 5.74) is 0.700. The number of hydrogen-bond donors (Lipinski definition) is 2. The highest BCUT2D eigenvalue weighted by Gasteiger charge is 2.12. The number of carbonyl (C=O) groups excluding carboxylic acids is 1. The van der Waals surface area contributed by atoms with Gasteiger partial charge in [0.2, 0.25) is 0 Å². The Bertz CT molecular complexity index is 362. The maximum Gasteiger partial charge on any atom is 0.338 e. The fourth-order valence-corrected chi connectivity index (χ4v) is 1.27. The van der Waals surface area contributed by atoms with Crippen LogP contribution in [0.15, 0.2) is 12.1 Å². The lowest BCUT2D eigenvalue weighted by atomic mass is 10.1. The van der Waals surface area contributed by atoms with Gasteiger partial charge in [0.1, 0.15) is 0 Å². The van der Waals surface area contributed by atoms with Gasteiger partial charge >= 0.3 is 5.97 Å². The number of carbonyl (C=O) groups is 1. The van der Waals surface area contributed by atoms with Crippen molar-refractivity contribution in [3.05, 3.63) is 23.3 Å². The van der Waals surface area contributed by atoms with Crippen molar-refractivity contribution in [1.82, 2.24) is 0 Å². The maximum absolute atomic E-state index is 11.5. The third kappa shape index (κ3) is 2.89. The van der Waals surface area contributed by atoms with Crippen LogP contribution in [0.5, 0.6) is 11.5 Å². The molecule has 4 nitrogen and oxygen atoms in total. The largest absolute Gasteiger partial charge is 0.504 e. The molecule has 0 atom stereocenters. The summed E-state index contributed by atoms with van der Waals surface area (Å²) in [5.74, 6) is -0.987. The van der Waals surface area contributed by atoms with Crippen LogP contribution in [0.1, 0.15) is 35.7 Å². The van der Waals surface area contributed by atoms with Gasteiger partial charge in [-0.3, -0.25) is 0 Å². The minimum Gasteiger partial charge on any atom is -0.504 e. The van der Waals surface area contributed by atoms with Crippen LogP contribution in [0.25, 0.3) is 0 Å².